The fourth-order valence-corrected chi connectivity index (χ4v) is 4.68. The lowest BCUT2D eigenvalue weighted by atomic mass is 10.1. The van der Waals surface area contributed by atoms with Crippen LogP contribution < -0.4 is 14.4 Å². The van der Waals surface area contributed by atoms with Gasteiger partial charge in [0.2, 0.25) is 11.8 Å². The highest BCUT2D eigenvalue weighted by Crippen LogP contribution is 2.31. The molecule has 1 aliphatic heterocycles. The van der Waals surface area contributed by atoms with Gasteiger partial charge in [-0.15, -0.1) is 10.2 Å². The molecule has 2 amide bonds. The molecule has 1 saturated heterocycles. The molecule has 0 N–H and O–H groups in total. The number of hydrogen-bond acceptors (Lipinski definition) is 7. The van der Waals surface area contributed by atoms with Gasteiger partial charge < -0.3 is 24.2 Å². The first kappa shape index (κ1) is 27.9. The molecule has 3 aromatic rings. The molecule has 0 radical (unpaired) electrons. The van der Waals surface area contributed by atoms with Crippen LogP contribution in [0.1, 0.15) is 25.8 Å². The molecule has 1 aromatic heterocycles. The number of hydrogen-bond donors (Lipinski definition) is 0. The van der Waals surface area contributed by atoms with Crippen molar-refractivity contribution in [3.63, 3.8) is 0 Å². The minimum absolute atomic E-state index is 0.0199. The van der Waals surface area contributed by atoms with Crippen molar-refractivity contribution in [1.82, 2.24) is 20.0 Å². The maximum absolute atomic E-state index is 13.3. The molecular formula is C30H37N5O4. The van der Waals surface area contributed by atoms with Crippen molar-refractivity contribution in [3.05, 3.63) is 66.2 Å². The van der Waals surface area contributed by atoms with Gasteiger partial charge in [0.25, 0.3) is 0 Å². The third kappa shape index (κ3) is 7.04. The Kier molecular flexibility index (Phi) is 9.35. The van der Waals surface area contributed by atoms with E-state index in [0.29, 0.717) is 37.7 Å². The van der Waals surface area contributed by atoms with Crippen LogP contribution in [0.15, 0.2) is 60.7 Å². The van der Waals surface area contributed by atoms with Gasteiger partial charge in [-0.2, -0.15) is 0 Å². The van der Waals surface area contributed by atoms with Gasteiger partial charge >= 0.3 is 0 Å². The lowest BCUT2D eigenvalue weighted by Gasteiger charge is -2.28. The van der Waals surface area contributed by atoms with Crippen LogP contribution in [0.4, 0.5) is 5.82 Å². The van der Waals surface area contributed by atoms with Crippen LogP contribution in [0.3, 0.4) is 0 Å². The molecule has 2 aromatic carbocycles. The molecule has 0 aliphatic carbocycles. The van der Waals surface area contributed by atoms with Crippen molar-refractivity contribution in [3.8, 4) is 22.8 Å². The number of ether oxygens (including phenoxy) is 2. The van der Waals surface area contributed by atoms with E-state index in [2.05, 4.69) is 15.1 Å². The highest BCUT2D eigenvalue weighted by atomic mass is 16.5. The van der Waals surface area contributed by atoms with Crippen LogP contribution >= 0.6 is 0 Å². The number of methoxy groups -OCH3 is 2. The Hall–Kier alpha value is -4.14. The Morgan fingerprint density at radius 2 is 1.67 bits per heavy atom. The van der Waals surface area contributed by atoms with E-state index in [1.165, 1.54) is 0 Å². The summed E-state index contributed by atoms with van der Waals surface area (Å²) >= 11 is 0. The molecule has 1 aliphatic rings. The van der Waals surface area contributed by atoms with E-state index < -0.39 is 0 Å². The molecular weight excluding hydrogens is 494 g/mol. The van der Waals surface area contributed by atoms with E-state index in [4.69, 9.17) is 9.47 Å². The quantitative estimate of drug-likeness (QED) is 0.414. The van der Waals surface area contributed by atoms with Crippen molar-refractivity contribution < 1.29 is 19.1 Å². The topological polar surface area (TPSA) is 88.1 Å². The largest absolute Gasteiger partial charge is 0.493 e. The van der Waals surface area contributed by atoms with Crippen LogP contribution in [0.25, 0.3) is 11.3 Å². The van der Waals surface area contributed by atoms with E-state index in [1.54, 1.807) is 19.1 Å². The summed E-state index contributed by atoms with van der Waals surface area (Å²) in [5.74, 6) is 1.84. The summed E-state index contributed by atoms with van der Waals surface area (Å²) < 4.78 is 10.7. The van der Waals surface area contributed by atoms with E-state index in [-0.39, 0.29) is 24.3 Å². The number of amides is 2. The smallest absolute Gasteiger partial charge is 0.242 e. The van der Waals surface area contributed by atoms with Crippen LogP contribution in [0.2, 0.25) is 0 Å². The number of nitrogens with zero attached hydrogens (tertiary/aromatic N) is 5. The third-order valence-electron chi connectivity index (χ3n) is 6.85. The molecule has 0 atom stereocenters. The lowest BCUT2D eigenvalue weighted by Crippen LogP contribution is -2.45. The zero-order valence-electron chi connectivity index (χ0n) is 23.2. The molecule has 0 spiro atoms. The minimum Gasteiger partial charge on any atom is -0.493 e. The molecule has 2 heterocycles. The number of aromatic nitrogens is 2. The van der Waals surface area contributed by atoms with Gasteiger partial charge in [0.15, 0.2) is 17.3 Å². The molecule has 206 valence electrons. The van der Waals surface area contributed by atoms with Crippen molar-refractivity contribution in [1.29, 1.82) is 0 Å². The summed E-state index contributed by atoms with van der Waals surface area (Å²) in [5.41, 5.74) is 2.63. The molecule has 39 heavy (non-hydrogen) atoms. The van der Waals surface area contributed by atoms with Crippen LogP contribution in [0.5, 0.6) is 11.5 Å². The zero-order chi connectivity index (χ0) is 27.8. The Morgan fingerprint density at radius 3 is 2.33 bits per heavy atom. The van der Waals surface area contributed by atoms with E-state index in [0.717, 1.165) is 35.6 Å². The Balaban J connectivity index is 1.39. The Labute approximate surface area is 230 Å². The van der Waals surface area contributed by atoms with Crippen molar-refractivity contribution >= 4 is 17.6 Å². The summed E-state index contributed by atoms with van der Waals surface area (Å²) in [6.07, 6.45) is 0.807. The van der Waals surface area contributed by atoms with Crippen LogP contribution in [-0.4, -0.2) is 78.8 Å². The van der Waals surface area contributed by atoms with Gasteiger partial charge in [0.05, 0.1) is 19.9 Å². The molecule has 9 heteroatoms. The van der Waals surface area contributed by atoms with Crippen LogP contribution in [0, 0.1) is 5.92 Å². The molecule has 0 saturated carbocycles. The predicted molar refractivity (Wildman–Crippen MR) is 151 cm³/mol. The summed E-state index contributed by atoms with van der Waals surface area (Å²) in [6.45, 7) is 6.85. The number of anilines is 1. The standard InChI is InChI=1S/C30H37N5O4/c1-22(2)30(37)35(20-23-9-6-5-7-10-23)21-29(36)34-16-8-15-33(17-18-34)28-14-12-25(31-32-28)24-11-13-26(38-3)27(19-24)39-4/h5-7,9-14,19,22H,8,15-18,20-21H2,1-4H3. The van der Waals surface area contributed by atoms with E-state index in [9.17, 15) is 9.59 Å². The summed E-state index contributed by atoms with van der Waals surface area (Å²) in [6, 6.07) is 19.3. The normalized spacial score (nSPS) is 13.7. The second-order valence-corrected chi connectivity index (χ2v) is 9.90. The van der Waals surface area contributed by atoms with Crippen molar-refractivity contribution in [2.24, 2.45) is 5.92 Å². The van der Waals surface area contributed by atoms with E-state index in [1.807, 2.05) is 79.4 Å². The van der Waals surface area contributed by atoms with Crippen LogP contribution in [-0.2, 0) is 16.1 Å². The van der Waals surface area contributed by atoms with Gasteiger partial charge in [0.1, 0.15) is 6.54 Å². The van der Waals surface area contributed by atoms with Crippen molar-refractivity contribution in [2.45, 2.75) is 26.8 Å². The van der Waals surface area contributed by atoms with Gasteiger partial charge in [-0.1, -0.05) is 44.2 Å². The fraction of sp³-hybridized carbons (Fsp3) is 0.400. The lowest BCUT2D eigenvalue weighted by molar-refractivity contribution is -0.142. The average molecular weight is 532 g/mol. The summed E-state index contributed by atoms with van der Waals surface area (Å²) in [4.78, 5) is 31.9. The van der Waals surface area contributed by atoms with Crippen molar-refractivity contribution in [2.75, 3.05) is 51.8 Å². The number of carbonyl (C=O) groups excluding carboxylic acids is 2. The van der Waals surface area contributed by atoms with E-state index >= 15 is 0 Å². The number of benzene rings is 2. The predicted octanol–water partition coefficient (Wildman–Crippen LogP) is 3.88. The average Bonchev–Trinajstić information content (AvgIpc) is 3.23. The number of rotatable bonds is 9. The summed E-state index contributed by atoms with van der Waals surface area (Å²) in [7, 11) is 3.21. The van der Waals surface area contributed by atoms with Gasteiger partial charge in [-0.25, -0.2) is 0 Å². The first-order valence-corrected chi connectivity index (χ1v) is 13.3. The monoisotopic (exact) mass is 531 g/mol. The Bertz CT molecular complexity index is 1250. The fourth-order valence-electron chi connectivity index (χ4n) is 4.68. The summed E-state index contributed by atoms with van der Waals surface area (Å²) in [5, 5.41) is 8.92. The maximum Gasteiger partial charge on any atom is 0.242 e. The SMILES string of the molecule is COc1ccc(-c2ccc(N3CCCN(C(=O)CN(Cc4ccccc4)C(=O)C(C)C)CC3)nn2)cc1OC. The zero-order valence-corrected chi connectivity index (χ0v) is 23.2. The van der Waals surface area contributed by atoms with Gasteiger partial charge in [-0.3, -0.25) is 9.59 Å². The molecule has 0 bridgehead atoms. The minimum atomic E-state index is -0.179. The number of carbonyl (C=O) groups is 2. The highest BCUT2D eigenvalue weighted by molar-refractivity contribution is 5.85. The molecule has 0 unspecified atom stereocenters. The first-order valence-electron chi connectivity index (χ1n) is 13.3. The Morgan fingerprint density at radius 1 is 0.897 bits per heavy atom. The molecule has 1 fully saturated rings. The molecule has 9 nitrogen and oxygen atoms in total. The van der Waals surface area contributed by atoms with Gasteiger partial charge in [-0.05, 0) is 42.3 Å². The molecule has 4 rings (SSSR count). The second-order valence-electron chi connectivity index (χ2n) is 9.90. The van der Waals surface area contributed by atoms with Gasteiger partial charge in [0, 0.05) is 44.2 Å². The second kappa shape index (κ2) is 13.1. The third-order valence-corrected chi connectivity index (χ3v) is 6.85. The highest BCUT2D eigenvalue weighted by Gasteiger charge is 2.25. The maximum atomic E-state index is 13.3. The first-order chi connectivity index (χ1) is 18.9.